The molecule has 5 nitrogen and oxygen atoms in total. The molecule has 1 N–H and O–H groups in total. The van der Waals surface area contributed by atoms with Gasteiger partial charge in [0.1, 0.15) is 6.54 Å². The van der Waals surface area contributed by atoms with Crippen LogP contribution in [0.15, 0.2) is 0 Å². The van der Waals surface area contributed by atoms with Crippen molar-refractivity contribution in [3.05, 3.63) is 0 Å². The Hall–Kier alpha value is -1.10. The smallest absolute Gasteiger partial charge is 0.307 e. The van der Waals surface area contributed by atoms with Gasteiger partial charge in [-0.3, -0.25) is 9.59 Å². The fourth-order valence-electron chi connectivity index (χ4n) is 2.67. The molecule has 0 rings (SSSR count). The number of carbonyl (C=O) groups excluding carboxylic acids is 1. The first-order valence-corrected chi connectivity index (χ1v) is 9.24. The highest BCUT2D eigenvalue weighted by Gasteiger charge is 2.24. The van der Waals surface area contributed by atoms with E-state index in [0.29, 0.717) is 6.42 Å². The van der Waals surface area contributed by atoms with Crippen LogP contribution in [0.3, 0.4) is 0 Å². The molecule has 142 valence electrons. The normalized spacial score (nSPS) is 15.2. The number of esters is 1. The number of unbranched alkanes of at least 4 members (excludes halogenated alkanes) is 8. The Labute approximate surface area is 152 Å². The van der Waals surface area contributed by atoms with Crippen molar-refractivity contribution in [3.63, 3.8) is 0 Å². The third-order valence-electron chi connectivity index (χ3n) is 3.84. The molecule has 0 aliphatic carbocycles. The van der Waals surface area contributed by atoms with Crippen LogP contribution in [0.1, 0.15) is 81.7 Å². The molecular weight excluding hydrogens is 306 g/mol. The second-order valence-electron chi connectivity index (χ2n) is 7.16. The number of rotatable bonds is 15. The molecule has 0 aromatic carbocycles. The van der Waals surface area contributed by atoms with Gasteiger partial charge < -0.3 is 14.3 Å². The minimum Gasteiger partial charge on any atom is -0.481 e. The van der Waals surface area contributed by atoms with E-state index in [2.05, 4.69) is 6.92 Å². The lowest BCUT2D eigenvalue weighted by molar-refractivity contribution is -0.873. The van der Waals surface area contributed by atoms with E-state index in [4.69, 9.17) is 14.0 Å². The number of ether oxygens (including phenoxy) is 1. The summed E-state index contributed by atoms with van der Waals surface area (Å²) in [6, 6.07) is 0. The van der Waals surface area contributed by atoms with E-state index in [9.17, 15) is 9.59 Å². The fraction of sp³-hybridized carbons (Fsp3) is 0.895. The van der Waals surface area contributed by atoms with E-state index in [-0.39, 0.29) is 19.4 Å². The Morgan fingerprint density at radius 2 is 1.58 bits per heavy atom. The van der Waals surface area contributed by atoms with Crippen molar-refractivity contribution >= 4 is 11.9 Å². The molecular formula is C19H38NO4+. The lowest BCUT2D eigenvalue weighted by Gasteiger charge is -2.28. The Balaban J connectivity index is 4.18. The SMILES string of the molecule is [2H]C([2H])([2H])[N+](C)(C)C[C@@H](CC(=O)O)OC(=O)CCCCCCCCCCC. The van der Waals surface area contributed by atoms with E-state index >= 15 is 0 Å². The Morgan fingerprint density at radius 3 is 2.08 bits per heavy atom. The summed E-state index contributed by atoms with van der Waals surface area (Å²) in [5, 5.41) is 9.01. The van der Waals surface area contributed by atoms with Gasteiger partial charge in [-0.05, 0) is 6.42 Å². The minimum absolute atomic E-state index is 0.0632. The van der Waals surface area contributed by atoms with Crippen LogP contribution in [0.25, 0.3) is 0 Å². The summed E-state index contributed by atoms with van der Waals surface area (Å²) in [5.41, 5.74) is 0. The van der Waals surface area contributed by atoms with E-state index in [1.54, 1.807) is 0 Å². The van der Waals surface area contributed by atoms with Crippen LogP contribution < -0.4 is 0 Å². The number of carboxylic acid groups (broad SMARTS) is 1. The molecule has 0 aromatic heterocycles. The summed E-state index contributed by atoms with van der Waals surface area (Å²) in [6.45, 7) is -0.171. The maximum Gasteiger partial charge on any atom is 0.307 e. The van der Waals surface area contributed by atoms with Crippen LogP contribution >= 0.6 is 0 Å². The Morgan fingerprint density at radius 1 is 1.04 bits per heavy atom. The first kappa shape index (κ1) is 17.7. The predicted molar refractivity (Wildman–Crippen MR) is 96.9 cm³/mol. The van der Waals surface area contributed by atoms with Gasteiger partial charge in [-0.2, -0.15) is 0 Å². The molecule has 0 saturated carbocycles. The molecule has 0 spiro atoms. The van der Waals surface area contributed by atoms with Gasteiger partial charge in [-0.1, -0.05) is 58.3 Å². The average Bonchev–Trinajstić information content (AvgIpc) is 2.51. The average molecular weight is 348 g/mol. The van der Waals surface area contributed by atoms with Gasteiger partial charge >= 0.3 is 11.9 Å². The molecule has 0 fully saturated rings. The van der Waals surface area contributed by atoms with Crippen molar-refractivity contribution in [2.75, 3.05) is 27.6 Å². The molecule has 0 aromatic rings. The standard InChI is InChI=1S/C19H37NO4/c1-5-6-7-8-9-10-11-12-13-14-19(23)24-17(15-18(21)22)16-20(2,3)4/h17H,5-16H2,1-4H3/p+1/t17-/m1/s1/i2D3. The van der Waals surface area contributed by atoms with Gasteiger partial charge in [0.05, 0.1) is 31.6 Å². The number of hydrogen-bond donors (Lipinski definition) is 1. The molecule has 5 heteroatoms. The van der Waals surface area contributed by atoms with Crippen LogP contribution in [0.4, 0.5) is 0 Å². The largest absolute Gasteiger partial charge is 0.481 e. The summed E-state index contributed by atoms with van der Waals surface area (Å²) in [6.07, 6.45) is 9.16. The molecule has 0 bridgehead atoms. The van der Waals surface area contributed by atoms with Crippen molar-refractivity contribution in [2.24, 2.45) is 0 Å². The third kappa shape index (κ3) is 15.8. The van der Waals surface area contributed by atoms with Gasteiger partial charge in [0, 0.05) is 6.42 Å². The molecule has 0 saturated heterocycles. The van der Waals surface area contributed by atoms with Crippen molar-refractivity contribution in [3.8, 4) is 0 Å². The zero-order valence-corrected chi connectivity index (χ0v) is 15.7. The monoisotopic (exact) mass is 347 g/mol. The molecule has 24 heavy (non-hydrogen) atoms. The van der Waals surface area contributed by atoms with Gasteiger partial charge in [-0.25, -0.2) is 0 Å². The Kier molecular flexibility index (Phi) is 9.76. The lowest BCUT2D eigenvalue weighted by atomic mass is 10.1. The first-order valence-electron chi connectivity index (χ1n) is 10.7. The van der Waals surface area contributed by atoms with E-state index < -0.39 is 29.5 Å². The highest BCUT2D eigenvalue weighted by Crippen LogP contribution is 2.12. The summed E-state index contributed by atoms with van der Waals surface area (Å²) >= 11 is 0. The van der Waals surface area contributed by atoms with Crippen LogP contribution in [-0.4, -0.2) is 55.2 Å². The highest BCUT2D eigenvalue weighted by atomic mass is 16.5. The number of carboxylic acids is 1. The third-order valence-corrected chi connectivity index (χ3v) is 3.84. The van der Waals surface area contributed by atoms with Crippen LogP contribution in [0, 0.1) is 0 Å². The van der Waals surface area contributed by atoms with Gasteiger partial charge in [0.15, 0.2) is 6.10 Å². The van der Waals surface area contributed by atoms with Gasteiger partial charge in [-0.15, -0.1) is 0 Å². The van der Waals surface area contributed by atoms with E-state index in [1.165, 1.54) is 52.6 Å². The minimum atomic E-state index is -2.31. The van der Waals surface area contributed by atoms with Crippen molar-refractivity contribution in [2.45, 2.75) is 83.7 Å². The van der Waals surface area contributed by atoms with Crippen LogP contribution in [0.2, 0.25) is 0 Å². The van der Waals surface area contributed by atoms with Crippen LogP contribution in [0.5, 0.6) is 0 Å². The van der Waals surface area contributed by atoms with Crippen molar-refractivity contribution in [1.82, 2.24) is 0 Å². The molecule has 0 aliphatic rings. The molecule has 0 heterocycles. The van der Waals surface area contributed by atoms with E-state index in [1.807, 2.05) is 0 Å². The summed E-state index contributed by atoms with van der Waals surface area (Å²) in [5.74, 6) is -1.56. The number of hydrogen-bond acceptors (Lipinski definition) is 3. The Bertz CT molecular complexity index is 439. The summed E-state index contributed by atoms with van der Waals surface area (Å²) in [4.78, 5) is 23.0. The maximum absolute atomic E-state index is 12.0. The second kappa shape index (κ2) is 13.2. The first-order chi connectivity index (χ1) is 12.5. The van der Waals surface area contributed by atoms with E-state index in [0.717, 1.165) is 12.8 Å². The highest BCUT2D eigenvalue weighted by molar-refractivity contribution is 5.71. The van der Waals surface area contributed by atoms with Crippen molar-refractivity contribution in [1.29, 1.82) is 0 Å². The molecule has 0 unspecified atom stereocenters. The molecule has 0 amide bonds. The summed E-state index contributed by atoms with van der Waals surface area (Å²) < 4.78 is 27.5. The van der Waals surface area contributed by atoms with Crippen molar-refractivity contribution < 1.29 is 28.0 Å². The lowest BCUT2D eigenvalue weighted by Crippen LogP contribution is -2.43. The molecule has 1 atom stereocenters. The number of aliphatic carboxylic acids is 1. The number of likely N-dealkylation sites (N-methyl/N-ethyl adjacent to an activating group) is 1. The zero-order valence-electron chi connectivity index (χ0n) is 18.7. The quantitative estimate of drug-likeness (QED) is 0.276. The second-order valence-corrected chi connectivity index (χ2v) is 7.16. The number of nitrogens with zero attached hydrogens (tertiary/aromatic N) is 1. The number of quaternary nitrogens is 1. The maximum atomic E-state index is 12.0. The topological polar surface area (TPSA) is 63.6 Å². The van der Waals surface area contributed by atoms with Gasteiger partial charge in [0.25, 0.3) is 0 Å². The molecule has 0 aliphatic heterocycles. The van der Waals surface area contributed by atoms with Gasteiger partial charge in [0.2, 0.25) is 0 Å². The molecule has 0 radical (unpaired) electrons. The predicted octanol–water partition coefficient (Wildman–Crippen LogP) is 4.00. The fourth-order valence-corrected chi connectivity index (χ4v) is 2.67. The number of carbonyl (C=O) groups is 2. The van der Waals surface area contributed by atoms with Crippen LogP contribution in [-0.2, 0) is 14.3 Å². The summed E-state index contributed by atoms with van der Waals surface area (Å²) in [7, 11) is 2.96. The zero-order chi connectivity index (χ0) is 20.9.